The van der Waals surface area contributed by atoms with E-state index in [2.05, 4.69) is 21.3 Å². The van der Waals surface area contributed by atoms with Crippen LogP contribution >= 0.6 is 0 Å². The molecule has 2 aromatic carbocycles. The Bertz CT molecular complexity index is 1210. The molecule has 0 radical (unpaired) electrons. The summed E-state index contributed by atoms with van der Waals surface area (Å²) in [7, 11) is 0. The highest BCUT2D eigenvalue weighted by Gasteiger charge is 2.31. The number of nitrogens with two attached hydrogens (primary N) is 2. The second-order valence-electron chi connectivity index (χ2n) is 11.6. The summed E-state index contributed by atoms with van der Waals surface area (Å²) in [5.74, 6) is -1.87. The van der Waals surface area contributed by atoms with Crippen LogP contribution in [0.15, 0.2) is 60.7 Å². The second-order valence-corrected chi connectivity index (χ2v) is 11.6. The Morgan fingerprint density at radius 3 is 1.87 bits per heavy atom. The van der Waals surface area contributed by atoms with Gasteiger partial charge >= 0.3 is 0 Å². The van der Waals surface area contributed by atoms with E-state index in [-0.39, 0.29) is 18.9 Å². The highest BCUT2D eigenvalue weighted by atomic mass is 16.7. The standard InChI is InChI=1S/C33H48N6O6/c1-22(2)18-27(32(42)37-26(14-9-15-34)31(41)36-21-29-44-16-17-45-29)39-33(43)28(20-24-12-7-4-8-13-24)38-30(40)25(35)19-23-10-5-3-6-11-23/h3-8,10-13,22,25-29H,9,14-21,34-35H2,1-2H3,(H,36,41)(H,37,42)(H,38,40)(H,39,43)/t25-,26-,27-,28-/m1/s1. The van der Waals surface area contributed by atoms with Gasteiger partial charge in [-0.3, -0.25) is 19.2 Å². The lowest BCUT2D eigenvalue weighted by atomic mass is 10.00. The van der Waals surface area contributed by atoms with Crippen molar-refractivity contribution in [3.63, 3.8) is 0 Å². The number of ether oxygens (including phenoxy) is 2. The molecule has 0 spiro atoms. The molecule has 1 aliphatic heterocycles. The van der Waals surface area contributed by atoms with Crippen molar-refractivity contribution in [2.75, 3.05) is 26.3 Å². The molecule has 1 aliphatic rings. The van der Waals surface area contributed by atoms with Crippen molar-refractivity contribution in [1.29, 1.82) is 0 Å². The quantitative estimate of drug-likeness (QED) is 0.139. The summed E-state index contributed by atoms with van der Waals surface area (Å²) in [6.45, 7) is 5.25. The molecule has 1 saturated heterocycles. The minimum Gasteiger partial charge on any atom is -0.349 e. The number of hydrogen-bond acceptors (Lipinski definition) is 8. The van der Waals surface area contributed by atoms with Crippen LogP contribution in [-0.4, -0.2) is 80.4 Å². The smallest absolute Gasteiger partial charge is 0.243 e. The lowest BCUT2D eigenvalue weighted by molar-refractivity contribution is -0.134. The van der Waals surface area contributed by atoms with Crippen molar-refractivity contribution < 1.29 is 28.7 Å². The van der Waals surface area contributed by atoms with Crippen LogP contribution < -0.4 is 32.7 Å². The van der Waals surface area contributed by atoms with Crippen molar-refractivity contribution in [3.8, 4) is 0 Å². The summed E-state index contributed by atoms with van der Waals surface area (Å²) in [5.41, 5.74) is 13.6. The van der Waals surface area contributed by atoms with E-state index < -0.39 is 54.1 Å². The van der Waals surface area contributed by atoms with Gasteiger partial charge < -0.3 is 42.2 Å². The van der Waals surface area contributed by atoms with Crippen molar-refractivity contribution in [3.05, 3.63) is 71.8 Å². The Morgan fingerprint density at radius 2 is 1.29 bits per heavy atom. The molecule has 45 heavy (non-hydrogen) atoms. The number of rotatable bonds is 18. The molecule has 0 unspecified atom stereocenters. The predicted molar refractivity (Wildman–Crippen MR) is 171 cm³/mol. The minimum absolute atomic E-state index is 0.0375. The Labute approximate surface area is 265 Å². The average Bonchev–Trinajstić information content (AvgIpc) is 3.55. The zero-order valence-electron chi connectivity index (χ0n) is 26.2. The Hall–Kier alpha value is -3.84. The Morgan fingerprint density at radius 1 is 0.756 bits per heavy atom. The van der Waals surface area contributed by atoms with Gasteiger partial charge in [0, 0.05) is 6.42 Å². The van der Waals surface area contributed by atoms with Crippen LogP contribution in [0, 0.1) is 5.92 Å². The monoisotopic (exact) mass is 624 g/mol. The van der Waals surface area contributed by atoms with E-state index in [1.165, 1.54) is 0 Å². The van der Waals surface area contributed by atoms with Gasteiger partial charge in [0.05, 0.1) is 25.8 Å². The third-order valence-electron chi connectivity index (χ3n) is 7.35. The van der Waals surface area contributed by atoms with Gasteiger partial charge in [0.1, 0.15) is 18.1 Å². The third-order valence-corrected chi connectivity index (χ3v) is 7.35. The molecule has 8 N–H and O–H groups in total. The van der Waals surface area contributed by atoms with Gasteiger partial charge in [-0.15, -0.1) is 0 Å². The first-order chi connectivity index (χ1) is 21.7. The second kappa shape index (κ2) is 18.8. The van der Waals surface area contributed by atoms with Crippen LogP contribution in [-0.2, 0) is 41.5 Å². The topological polar surface area (TPSA) is 187 Å². The molecule has 246 valence electrons. The van der Waals surface area contributed by atoms with Gasteiger partial charge in [-0.2, -0.15) is 0 Å². The molecule has 12 heteroatoms. The third kappa shape index (κ3) is 12.6. The molecule has 4 atom stereocenters. The molecule has 1 fully saturated rings. The van der Waals surface area contributed by atoms with Crippen molar-refractivity contribution in [2.24, 2.45) is 17.4 Å². The van der Waals surface area contributed by atoms with Crippen LogP contribution in [0.5, 0.6) is 0 Å². The zero-order chi connectivity index (χ0) is 32.6. The van der Waals surface area contributed by atoms with E-state index in [0.29, 0.717) is 45.4 Å². The zero-order valence-corrected chi connectivity index (χ0v) is 26.2. The van der Waals surface area contributed by atoms with Crippen LogP contribution in [0.25, 0.3) is 0 Å². The summed E-state index contributed by atoms with van der Waals surface area (Å²) in [6.07, 6.45) is 1.09. The van der Waals surface area contributed by atoms with Crippen molar-refractivity contribution in [2.45, 2.75) is 76.4 Å². The van der Waals surface area contributed by atoms with Gasteiger partial charge in [0.15, 0.2) is 6.29 Å². The molecule has 0 aliphatic carbocycles. The van der Waals surface area contributed by atoms with E-state index in [1.807, 2.05) is 74.5 Å². The number of hydrogen-bond donors (Lipinski definition) is 6. The largest absolute Gasteiger partial charge is 0.349 e. The maximum Gasteiger partial charge on any atom is 0.243 e. The summed E-state index contributed by atoms with van der Waals surface area (Å²) < 4.78 is 10.8. The first kappa shape index (κ1) is 35.6. The normalized spacial score (nSPS) is 15.9. The summed E-state index contributed by atoms with van der Waals surface area (Å²) in [5, 5.41) is 11.2. The van der Waals surface area contributed by atoms with E-state index in [9.17, 15) is 19.2 Å². The van der Waals surface area contributed by atoms with Crippen LogP contribution in [0.3, 0.4) is 0 Å². The number of nitrogens with one attached hydrogen (secondary N) is 4. The van der Waals surface area contributed by atoms with Gasteiger partial charge in [0.2, 0.25) is 23.6 Å². The first-order valence-corrected chi connectivity index (χ1v) is 15.6. The predicted octanol–water partition coefficient (Wildman–Crippen LogP) is 0.528. The molecule has 4 amide bonds. The molecule has 0 bridgehead atoms. The van der Waals surface area contributed by atoms with E-state index >= 15 is 0 Å². The molecular weight excluding hydrogens is 576 g/mol. The average molecular weight is 625 g/mol. The summed E-state index contributed by atoms with van der Waals surface area (Å²) in [4.78, 5) is 53.5. The van der Waals surface area contributed by atoms with Crippen LogP contribution in [0.4, 0.5) is 0 Å². The van der Waals surface area contributed by atoms with Gasteiger partial charge in [-0.25, -0.2) is 0 Å². The number of carbonyl (C=O) groups excluding carboxylic acids is 4. The molecule has 2 aromatic rings. The summed E-state index contributed by atoms with van der Waals surface area (Å²) >= 11 is 0. The van der Waals surface area contributed by atoms with Gasteiger partial charge in [-0.1, -0.05) is 74.5 Å². The minimum atomic E-state index is -0.994. The lowest BCUT2D eigenvalue weighted by Gasteiger charge is -2.27. The van der Waals surface area contributed by atoms with Gasteiger partial charge in [0.25, 0.3) is 0 Å². The molecule has 1 heterocycles. The molecule has 0 aromatic heterocycles. The highest BCUT2D eigenvalue weighted by molar-refractivity contribution is 5.95. The van der Waals surface area contributed by atoms with E-state index in [1.54, 1.807) is 0 Å². The lowest BCUT2D eigenvalue weighted by Crippen LogP contribution is -2.58. The summed E-state index contributed by atoms with van der Waals surface area (Å²) in [6, 6.07) is 15.0. The maximum absolute atomic E-state index is 13.7. The van der Waals surface area contributed by atoms with Crippen LogP contribution in [0.1, 0.15) is 44.2 Å². The van der Waals surface area contributed by atoms with Gasteiger partial charge in [-0.05, 0) is 49.3 Å². The number of benzene rings is 2. The van der Waals surface area contributed by atoms with E-state index in [0.717, 1.165) is 11.1 Å². The molecule has 12 nitrogen and oxygen atoms in total. The maximum atomic E-state index is 13.7. The Kier molecular flexibility index (Phi) is 14.9. The Balaban J connectivity index is 1.72. The first-order valence-electron chi connectivity index (χ1n) is 15.6. The molecular formula is C33H48N6O6. The SMILES string of the molecule is CC(C)C[C@@H](NC(=O)[C@@H](Cc1ccccc1)NC(=O)[C@H](N)Cc1ccccc1)C(=O)N[C@H](CCCN)C(=O)NCC1OCCO1. The fraction of sp³-hybridized carbons (Fsp3) is 0.515. The van der Waals surface area contributed by atoms with Crippen molar-refractivity contribution >= 4 is 23.6 Å². The number of carbonyl (C=O) groups is 4. The molecule has 3 rings (SSSR count). The molecule has 0 saturated carbocycles. The fourth-order valence-corrected chi connectivity index (χ4v) is 4.97. The number of amides is 4. The van der Waals surface area contributed by atoms with Crippen molar-refractivity contribution in [1.82, 2.24) is 21.3 Å². The van der Waals surface area contributed by atoms with Crippen LogP contribution in [0.2, 0.25) is 0 Å². The fourth-order valence-electron chi connectivity index (χ4n) is 4.97. The highest BCUT2D eigenvalue weighted by Crippen LogP contribution is 2.10. The van der Waals surface area contributed by atoms with E-state index in [4.69, 9.17) is 20.9 Å².